The van der Waals surface area contributed by atoms with Gasteiger partial charge in [0.1, 0.15) is 0 Å². The van der Waals surface area contributed by atoms with Crippen LogP contribution in [0.3, 0.4) is 0 Å². The molecule has 1 aromatic heterocycles. The van der Waals surface area contributed by atoms with E-state index in [0.29, 0.717) is 11.3 Å². The lowest BCUT2D eigenvalue weighted by molar-refractivity contribution is -0.121. The van der Waals surface area contributed by atoms with Gasteiger partial charge in [0.15, 0.2) is 9.84 Å². The molecule has 0 saturated carbocycles. The number of hydrogen-bond acceptors (Lipinski definition) is 8. The van der Waals surface area contributed by atoms with Gasteiger partial charge in [-0.1, -0.05) is 18.1 Å². The number of nitrogens with one attached hydrogen (secondary N) is 1. The Morgan fingerprint density at radius 1 is 1.06 bits per heavy atom. The summed E-state index contributed by atoms with van der Waals surface area (Å²) in [6.07, 6.45) is 0.288. The lowest BCUT2D eigenvalue weighted by atomic mass is 10.2. The van der Waals surface area contributed by atoms with E-state index < -0.39 is 15.7 Å². The lowest BCUT2D eigenvalue weighted by Crippen LogP contribution is -2.28. The number of benzene rings is 2. The number of nitrogens with zero attached hydrogens (tertiary/aromatic N) is 3. The SMILES string of the molecule is CCS(=O)(=O)c1ccc(-c2nnc(NC(=O)c3cccc(N4C(=O)CCC4=O)c3)o2)cc1. The minimum atomic E-state index is -3.32. The molecule has 164 valence electrons. The van der Waals surface area contributed by atoms with Crippen LogP contribution in [0.4, 0.5) is 11.7 Å². The Morgan fingerprint density at radius 3 is 2.41 bits per heavy atom. The molecule has 1 N–H and O–H groups in total. The molecule has 3 aromatic rings. The molecule has 0 bridgehead atoms. The zero-order valence-electron chi connectivity index (χ0n) is 16.9. The predicted octanol–water partition coefficient (Wildman–Crippen LogP) is 2.44. The van der Waals surface area contributed by atoms with Gasteiger partial charge in [0, 0.05) is 24.0 Å². The van der Waals surface area contributed by atoms with Crippen molar-refractivity contribution in [2.75, 3.05) is 16.0 Å². The highest BCUT2D eigenvalue weighted by atomic mass is 32.2. The quantitative estimate of drug-likeness (QED) is 0.560. The number of amides is 3. The molecule has 32 heavy (non-hydrogen) atoms. The maximum Gasteiger partial charge on any atom is 0.322 e. The van der Waals surface area contributed by atoms with Crippen LogP contribution in [0.25, 0.3) is 11.5 Å². The van der Waals surface area contributed by atoms with E-state index in [0.717, 1.165) is 4.90 Å². The first kappa shape index (κ1) is 21.4. The van der Waals surface area contributed by atoms with Crippen molar-refractivity contribution >= 4 is 39.3 Å². The molecule has 0 atom stereocenters. The molecule has 2 heterocycles. The molecule has 0 aliphatic carbocycles. The molecule has 4 rings (SSSR count). The van der Waals surface area contributed by atoms with Gasteiger partial charge >= 0.3 is 6.01 Å². The highest BCUT2D eigenvalue weighted by molar-refractivity contribution is 7.91. The van der Waals surface area contributed by atoms with E-state index in [1.165, 1.54) is 36.4 Å². The van der Waals surface area contributed by atoms with Crippen molar-refractivity contribution < 1.29 is 27.2 Å². The van der Waals surface area contributed by atoms with E-state index in [1.54, 1.807) is 19.1 Å². The van der Waals surface area contributed by atoms with Crippen molar-refractivity contribution in [3.05, 3.63) is 54.1 Å². The van der Waals surface area contributed by atoms with Crippen LogP contribution in [-0.4, -0.2) is 42.1 Å². The Kier molecular flexibility index (Phi) is 5.57. The first-order chi connectivity index (χ1) is 15.3. The van der Waals surface area contributed by atoms with Gasteiger partial charge in [-0.25, -0.2) is 8.42 Å². The van der Waals surface area contributed by atoms with Crippen molar-refractivity contribution in [3.63, 3.8) is 0 Å². The summed E-state index contributed by atoms with van der Waals surface area (Å²) in [5.74, 6) is -1.10. The summed E-state index contributed by atoms with van der Waals surface area (Å²) in [5, 5.41) is 10.1. The Morgan fingerprint density at radius 2 is 1.75 bits per heavy atom. The van der Waals surface area contributed by atoms with E-state index in [-0.39, 0.29) is 52.8 Å². The maximum atomic E-state index is 12.6. The van der Waals surface area contributed by atoms with Gasteiger partial charge in [0.05, 0.1) is 16.3 Å². The standard InChI is InChI=1S/C21H18N4O6S/c1-2-32(29,30)16-8-6-13(7-9-16)20-23-24-21(31-20)22-19(28)14-4-3-5-15(12-14)25-17(26)10-11-18(25)27/h3-9,12H,2,10-11H2,1H3,(H,22,24,28). The average Bonchev–Trinajstić information content (AvgIpc) is 3.40. The van der Waals surface area contributed by atoms with E-state index in [4.69, 9.17) is 4.42 Å². The van der Waals surface area contributed by atoms with Crippen LogP contribution in [0.2, 0.25) is 0 Å². The Hall–Kier alpha value is -3.86. The second kappa shape index (κ2) is 8.35. The molecule has 1 saturated heterocycles. The Bertz CT molecular complexity index is 1300. The molecule has 10 nitrogen and oxygen atoms in total. The highest BCUT2D eigenvalue weighted by Gasteiger charge is 2.30. The van der Waals surface area contributed by atoms with E-state index in [1.807, 2.05) is 0 Å². The molecule has 0 radical (unpaired) electrons. The molecule has 1 aliphatic heterocycles. The molecule has 3 amide bonds. The number of aromatic nitrogens is 2. The molecule has 0 spiro atoms. The number of carbonyl (C=O) groups excluding carboxylic acids is 3. The number of sulfone groups is 1. The average molecular weight is 454 g/mol. The fourth-order valence-electron chi connectivity index (χ4n) is 3.18. The van der Waals surface area contributed by atoms with Gasteiger partial charge in [0.2, 0.25) is 17.7 Å². The predicted molar refractivity (Wildman–Crippen MR) is 114 cm³/mol. The van der Waals surface area contributed by atoms with Crippen molar-refractivity contribution in [2.45, 2.75) is 24.7 Å². The van der Waals surface area contributed by atoms with Crippen molar-refractivity contribution in [1.82, 2.24) is 10.2 Å². The van der Waals surface area contributed by atoms with Gasteiger partial charge in [0.25, 0.3) is 5.91 Å². The van der Waals surface area contributed by atoms with Crippen molar-refractivity contribution in [1.29, 1.82) is 0 Å². The van der Waals surface area contributed by atoms with Gasteiger partial charge in [-0.2, -0.15) is 0 Å². The second-order valence-corrected chi connectivity index (χ2v) is 9.25. The van der Waals surface area contributed by atoms with Gasteiger partial charge in [-0.3, -0.25) is 24.6 Å². The third-order valence-electron chi connectivity index (χ3n) is 4.90. The van der Waals surface area contributed by atoms with Crippen LogP contribution in [0.15, 0.2) is 57.8 Å². The van der Waals surface area contributed by atoms with Crippen molar-refractivity contribution in [3.8, 4) is 11.5 Å². The van der Waals surface area contributed by atoms with Crippen LogP contribution < -0.4 is 10.2 Å². The normalized spacial score (nSPS) is 14.1. The lowest BCUT2D eigenvalue weighted by Gasteiger charge is -2.14. The largest absolute Gasteiger partial charge is 0.403 e. The fourth-order valence-corrected chi connectivity index (χ4v) is 4.07. The third-order valence-corrected chi connectivity index (χ3v) is 6.65. The number of hydrogen-bond donors (Lipinski definition) is 1. The molecule has 2 aromatic carbocycles. The molecule has 11 heteroatoms. The summed E-state index contributed by atoms with van der Waals surface area (Å²) in [4.78, 5) is 37.7. The Labute approximate surface area is 183 Å². The first-order valence-corrected chi connectivity index (χ1v) is 11.4. The zero-order chi connectivity index (χ0) is 22.9. The monoisotopic (exact) mass is 454 g/mol. The van der Waals surface area contributed by atoms with Gasteiger partial charge in [-0.15, -0.1) is 5.10 Å². The van der Waals surface area contributed by atoms with Crippen molar-refractivity contribution in [2.24, 2.45) is 0 Å². The van der Waals surface area contributed by atoms with E-state index in [2.05, 4.69) is 15.5 Å². The summed E-state index contributed by atoms with van der Waals surface area (Å²) in [5.41, 5.74) is 1.00. The highest BCUT2D eigenvalue weighted by Crippen LogP contribution is 2.25. The van der Waals surface area contributed by atoms with Gasteiger partial charge in [-0.05, 0) is 42.5 Å². The van der Waals surface area contributed by atoms with Crippen LogP contribution in [0, 0.1) is 0 Å². The minimum absolute atomic E-state index is 0.00956. The van der Waals surface area contributed by atoms with Crippen LogP contribution in [0.1, 0.15) is 30.1 Å². The smallest absolute Gasteiger partial charge is 0.322 e. The van der Waals surface area contributed by atoms with E-state index in [9.17, 15) is 22.8 Å². The molecular formula is C21H18N4O6S. The third kappa shape index (κ3) is 4.14. The van der Waals surface area contributed by atoms with Crippen LogP contribution >= 0.6 is 0 Å². The fraction of sp³-hybridized carbons (Fsp3) is 0.190. The minimum Gasteiger partial charge on any atom is -0.403 e. The summed E-state index contributed by atoms with van der Waals surface area (Å²) >= 11 is 0. The Balaban J connectivity index is 1.49. The number of rotatable bonds is 6. The zero-order valence-corrected chi connectivity index (χ0v) is 17.8. The second-order valence-electron chi connectivity index (χ2n) is 6.97. The summed E-state index contributed by atoms with van der Waals surface area (Å²) in [6, 6.07) is 11.9. The molecule has 0 unspecified atom stereocenters. The van der Waals surface area contributed by atoms with Crippen LogP contribution in [-0.2, 0) is 19.4 Å². The number of carbonyl (C=O) groups is 3. The molecule has 1 fully saturated rings. The topological polar surface area (TPSA) is 140 Å². The number of imide groups is 1. The van der Waals surface area contributed by atoms with Gasteiger partial charge < -0.3 is 4.42 Å². The maximum absolute atomic E-state index is 12.6. The molecular weight excluding hydrogens is 436 g/mol. The summed E-state index contributed by atoms with van der Waals surface area (Å²) in [6.45, 7) is 1.56. The van der Waals surface area contributed by atoms with E-state index >= 15 is 0 Å². The number of anilines is 2. The van der Waals surface area contributed by atoms with Crippen LogP contribution in [0.5, 0.6) is 0 Å². The summed E-state index contributed by atoms with van der Waals surface area (Å²) < 4.78 is 29.3. The first-order valence-electron chi connectivity index (χ1n) is 9.72. The summed E-state index contributed by atoms with van der Waals surface area (Å²) in [7, 11) is -3.32. The molecule has 1 aliphatic rings.